The van der Waals surface area contributed by atoms with E-state index in [1.807, 2.05) is 56.7 Å². The number of rotatable bonds is 5. The van der Waals surface area contributed by atoms with E-state index in [2.05, 4.69) is 5.32 Å². The second kappa shape index (κ2) is 6.22. The molecule has 1 amide bonds. The van der Waals surface area contributed by atoms with Gasteiger partial charge in [0.15, 0.2) is 6.61 Å². The van der Waals surface area contributed by atoms with Crippen LogP contribution in [0.4, 0.5) is 0 Å². The number of esters is 1. The van der Waals surface area contributed by atoms with Crippen molar-refractivity contribution in [2.75, 3.05) is 6.61 Å². The maximum absolute atomic E-state index is 12.2. The van der Waals surface area contributed by atoms with Crippen LogP contribution in [0.2, 0.25) is 0 Å². The minimum absolute atomic E-state index is 0.272. The fourth-order valence-corrected chi connectivity index (χ4v) is 2.22. The highest BCUT2D eigenvalue weighted by Gasteiger charge is 2.20. The average molecular weight is 302 g/mol. The Morgan fingerprint density at radius 2 is 1.95 bits per heavy atom. The number of hydrogen-bond donors (Lipinski definition) is 1. The summed E-state index contributed by atoms with van der Waals surface area (Å²) in [6, 6.07) is 7.59. The van der Waals surface area contributed by atoms with Crippen molar-refractivity contribution in [3.05, 3.63) is 36.0 Å². The predicted molar refractivity (Wildman–Crippen MR) is 85.7 cm³/mol. The van der Waals surface area contributed by atoms with Crippen LogP contribution in [0.3, 0.4) is 0 Å². The summed E-state index contributed by atoms with van der Waals surface area (Å²) in [5, 5.41) is 3.66. The van der Waals surface area contributed by atoms with Crippen LogP contribution in [0, 0.1) is 0 Å². The fourth-order valence-electron chi connectivity index (χ4n) is 2.22. The van der Waals surface area contributed by atoms with Crippen molar-refractivity contribution in [3.8, 4) is 0 Å². The SMILES string of the molecule is CCC(C)(C)NC(=O)COC(=O)c1cn(C)c2ccccc12. The fraction of sp³-hybridized carbons (Fsp3) is 0.412. The summed E-state index contributed by atoms with van der Waals surface area (Å²) in [6.07, 6.45) is 2.52. The molecule has 5 heteroatoms. The van der Waals surface area contributed by atoms with Gasteiger partial charge in [-0.3, -0.25) is 4.79 Å². The first-order valence-electron chi connectivity index (χ1n) is 7.36. The van der Waals surface area contributed by atoms with Crippen molar-refractivity contribution in [1.29, 1.82) is 0 Å². The van der Waals surface area contributed by atoms with Gasteiger partial charge < -0.3 is 14.6 Å². The number of nitrogens with zero attached hydrogens (tertiary/aromatic N) is 1. The molecule has 0 aliphatic rings. The van der Waals surface area contributed by atoms with Crippen molar-refractivity contribution < 1.29 is 14.3 Å². The molecule has 0 radical (unpaired) electrons. The number of para-hydroxylation sites is 1. The molecule has 0 unspecified atom stereocenters. The zero-order valence-corrected chi connectivity index (χ0v) is 13.5. The molecule has 2 rings (SSSR count). The van der Waals surface area contributed by atoms with E-state index >= 15 is 0 Å². The van der Waals surface area contributed by atoms with E-state index in [0.717, 1.165) is 17.3 Å². The van der Waals surface area contributed by atoms with Crippen LogP contribution in [0.25, 0.3) is 10.9 Å². The minimum Gasteiger partial charge on any atom is -0.452 e. The number of amides is 1. The van der Waals surface area contributed by atoms with E-state index in [1.165, 1.54) is 0 Å². The van der Waals surface area contributed by atoms with Crippen LogP contribution in [0.15, 0.2) is 30.5 Å². The van der Waals surface area contributed by atoms with E-state index in [9.17, 15) is 9.59 Å². The van der Waals surface area contributed by atoms with Crippen LogP contribution < -0.4 is 5.32 Å². The number of aromatic nitrogens is 1. The Morgan fingerprint density at radius 1 is 1.27 bits per heavy atom. The largest absolute Gasteiger partial charge is 0.452 e. The van der Waals surface area contributed by atoms with E-state index < -0.39 is 5.97 Å². The Labute approximate surface area is 130 Å². The third kappa shape index (κ3) is 3.47. The molecule has 1 aromatic carbocycles. The number of fused-ring (bicyclic) bond motifs is 1. The number of nitrogens with one attached hydrogen (secondary N) is 1. The minimum atomic E-state index is -0.485. The molecule has 0 saturated heterocycles. The molecule has 2 aromatic rings. The first-order chi connectivity index (χ1) is 10.3. The lowest BCUT2D eigenvalue weighted by atomic mass is 10.0. The number of aryl methyl sites for hydroxylation is 1. The highest BCUT2D eigenvalue weighted by Crippen LogP contribution is 2.20. The van der Waals surface area contributed by atoms with Crippen LogP contribution in [0.5, 0.6) is 0 Å². The molecule has 0 atom stereocenters. The molecule has 1 heterocycles. The molecular weight excluding hydrogens is 280 g/mol. The molecule has 5 nitrogen and oxygen atoms in total. The first kappa shape index (κ1) is 16.1. The predicted octanol–water partition coefficient (Wildman–Crippen LogP) is 2.64. The van der Waals surface area contributed by atoms with Gasteiger partial charge in [-0.25, -0.2) is 4.79 Å². The summed E-state index contributed by atoms with van der Waals surface area (Å²) >= 11 is 0. The summed E-state index contributed by atoms with van der Waals surface area (Å²) in [4.78, 5) is 24.0. The third-order valence-electron chi connectivity index (χ3n) is 3.81. The van der Waals surface area contributed by atoms with E-state index in [-0.39, 0.29) is 18.1 Å². The Morgan fingerprint density at radius 3 is 2.64 bits per heavy atom. The Balaban J connectivity index is 2.05. The Hall–Kier alpha value is -2.30. The highest BCUT2D eigenvalue weighted by molar-refractivity contribution is 6.04. The number of benzene rings is 1. The third-order valence-corrected chi connectivity index (χ3v) is 3.81. The normalized spacial score (nSPS) is 11.5. The van der Waals surface area contributed by atoms with Crippen molar-refractivity contribution in [2.24, 2.45) is 7.05 Å². The summed E-state index contributed by atoms with van der Waals surface area (Å²) in [5.74, 6) is -0.776. The molecule has 1 aromatic heterocycles. The lowest BCUT2D eigenvalue weighted by molar-refractivity contribution is -0.125. The van der Waals surface area contributed by atoms with Gasteiger partial charge in [0, 0.05) is 29.7 Å². The van der Waals surface area contributed by atoms with Gasteiger partial charge in [0.2, 0.25) is 0 Å². The van der Waals surface area contributed by atoms with Gasteiger partial charge in [0.25, 0.3) is 5.91 Å². The van der Waals surface area contributed by atoms with Crippen molar-refractivity contribution in [1.82, 2.24) is 9.88 Å². The maximum atomic E-state index is 12.2. The van der Waals surface area contributed by atoms with Gasteiger partial charge in [-0.2, -0.15) is 0 Å². The van der Waals surface area contributed by atoms with Crippen molar-refractivity contribution >= 4 is 22.8 Å². The number of hydrogen-bond acceptors (Lipinski definition) is 3. The molecular formula is C17H22N2O3. The van der Waals surface area contributed by atoms with Gasteiger partial charge in [-0.15, -0.1) is 0 Å². The van der Waals surface area contributed by atoms with Crippen LogP contribution in [-0.4, -0.2) is 28.6 Å². The zero-order valence-electron chi connectivity index (χ0n) is 13.5. The second-order valence-electron chi connectivity index (χ2n) is 6.03. The molecule has 22 heavy (non-hydrogen) atoms. The molecule has 0 bridgehead atoms. The number of ether oxygens (including phenoxy) is 1. The second-order valence-corrected chi connectivity index (χ2v) is 6.03. The van der Waals surface area contributed by atoms with Crippen molar-refractivity contribution in [2.45, 2.75) is 32.7 Å². The lowest BCUT2D eigenvalue weighted by Gasteiger charge is -2.24. The maximum Gasteiger partial charge on any atom is 0.340 e. The summed E-state index contributed by atoms with van der Waals surface area (Å²) in [5.41, 5.74) is 1.12. The molecule has 0 spiro atoms. The van der Waals surface area contributed by atoms with Gasteiger partial charge >= 0.3 is 5.97 Å². The van der Waals surface area contributed by atoms with Gasteiger partial charge in [-0.1, -0.05) is 25.1 Å². The molecule has 0 saturated carbocycles. The zero-order chi connectivity index (χ0) is 16.3. The molecule has 0 fully saturated rings. The van der Waals surface area contributed by atoms with E-state index in [4.69, 9.17) is 4.74 Å². The Kier molecular flexibility index (Phi) is 4.54. The molecule has 1 N–H and O–H groups in total. The molecule has 0 aliphatic carbocycles. The van der Waals surface area contributed by atoms with E-state index in [0.29, 0.717) is 5.56 Å². The van der Waals surface area contributed by atoms with Crippen molar-refractivity contribution in [3.63, 3.8) is 0 Å². The highest BCUT2D eigenvalue weighted by atomic mass is 16.5. The molecule has 118 valence electrons. The number of carbonyl (C=O) groups is 2. The molecule has 0 aliphatic heterocycles. The quantitative estimate of drug-likeness (QED) is 0.864. The van der Waals surface area contributed by atoms with Crippen LogP contribution in [-0.2, 0) is 16.6 Å². The summed E-state index contributed by atoms with van der Waals surface area (Å²) in [6.45, 7) is 5.57. The lowest BCUT2D eigenvalue weighted by Crippen LogP contribution is -2.44. The van der Waals surface area contributed by atoms with Gasteiger partial charge in [-0.05, 0) is 26.3 Å². The Bertz CT molecular complexity index is 701. The standard InChI is InChI=1S/C17H22N2O3/c1-5-17(2,3)18-15(20)11-22-16(21)13-10-19(4)14-9-7-6-8-12(13)14/h6-10H,5,11H2,1-4H3,(H,18,20). The first-order valence-corrected chi connectivity index (χ1v) is 7.36. The smallest absolute Gasteiger partial charge is 0.340 e. The monoisotopic (exact) mass is 302 g/mol. The van der Waals surface area contributed by atoms with E-state index in [1.54, 1.807) is 6.20 Å². The summed E-state index contributed by atoms with van der Waals surface area (Å²) < 4.78 is 7.00. The summed E-state index contributed by atoms with van der Waals surface area (Å²) in [7, 11) is 1.87. The average Bonchev–Trinajstić information content (AvgIpc) is 2.82. The van der Waals surface area contributed by atoms with Crippen LogP contribution in [0.1, 0.15) is 37.6 Å². The van der Waals surface area contributed by atoms with Gasteiger partial charge in [0.05, 0.1) is 5.56 Å². The van der Waals surface area contributed by atoms with Crippen LogP contribution >= 0.6 is 0 Å². The van der Waals surface area contributed by atoms with Gasteiger partial charge in [0.1, 0.15) is 0 Å². The number of carbonyl (C=O) groups excluding carboxylic acids is 2. The topological polar surface area (TPSA) is 60.3 Å².